The van der Waals surface area contributed by atoms with E-state index < -0.39 is 0 Å². The molecule has 2 aliphatic carbocycles. The number of carbonyl (C=O) groups is 1. The van der Waals surface area contributed by atoms with Crippen molar-refractivity contribution in [3.8, 4) is 0 Å². The molecule has 0 spiro atoms. The highest BCUT2D eigenvalue weighted by Gasteiger charge is 2.39. The minimum Gasteiger partial charge on any atom is -0.311 e. The molecule has 0 aliphatic heterocycles. The van der Waals surface area contributed by atoms with Crippen molar-refractivity contribution in [2.24, 2.45) is 17.8 Å². The molecule has 21 heavy (non-hydrogen) atoms. The number of amides is 1. The van der Waals surface area contributed by atoms with Gasteiger partial charge in [0.25, 0.3) is 0 Å². The third-order valence-electron chi connectivity index (χ3n) is 4.50. The van der Waals surface area contributed by atoms with E-state index in [0.29, 0.717) is 18.4 Å². The zero-order valence-corrected chi connectivity index (χ0v) is 12.4. The molecule has 2 bridgehead atoms. The number of allylic oxidation sites excluding steroid dienone is 2. The van der Waals surface area contributed by atoms with Crippen LogP contribution in [0, 0.1) is 17.8 Å². The maximum absolute atomic E-state index is 12.5. The molecule has 1 amide bonds. The second-order valence-corrected chi connectivity index (χ2v) is 6.66. The minimum atomic E-state index is 0.129. The van der Waals surface area contributed by atoms with Gasteiger partial charge in [-0.25, -0.2) is 4.68 Å². The van der Waals surface area contributed by atoms with Crippen LogP contribution in [0.3, 0.4) is 0 Å². The molecule has 3 atom stereocenters. The monoisotopic (exact) mass is 299 g/mol. The first-order valence-corrected chi connectivity index (χ1v) is 8.26. The van der Waals surface area contributed by atoms with E-state index in [1.54, 1.807) is 17.5 Å². The van der Waals surface area contributed by atoms with Gasteiger partial charge in [-0.15, -0.1) is 0 Å². The molecule has 0 unspecified atom stereocenters. The highest BCUT2D eigenvalue weighted by molar-refractivity contribution is 7.07. The number of hydrogen-bond acceptors (Lipinski definition) is 3. The first kappa shape index (κ1) is 12.8. The number of hydrogen-bond donors (Lipinski definition) is 1. The Morgan fingerprint density at radius 3 is 3.05 bits per heavy atom. The molecule has 0 aromatic carbocycles. The van der Waals surface area contributed by atoms with Gasteiger partial charge in [-0.3, -0.25) is 4.79 Å². The van der Waals surface area contributed by atoms with Crippen molar-refractivity contribution in [3.05, 3.63) is 46.8 Å². The zero-order chi connectivity index (χ0) is 14.2. The summed E-state index contributed by atoms with van der Waals surface area (Å²) in [5, 5.41) is 11.5. The van der Waals surface area contributed by atoms with Gasteiger partial charge in [0.05, 0.1) is 12.7 Å². The van der Waals surface area contributed by atoms with E-state index in [2.05, 4.69) is 39.4 Å². The van der Waals surface area contributed by atoms with Gasteiger partial charge >= 0.3 is 0 Å². The molecule has 0 saturated heterocycles. The molecule has 2 aromatic rings. The zero-order valence-electron chi connectivity index (χ0n) is 11.6. The number of nitrogens with one attached hydrogen (secondary N) is 1. The van der Waals surface area contributed by atoms with E-state index in [-0.39, 0.29) is 11.8 Å². The average molecular weight is 299 g/mol. The van der Waals surface area contributed by atoms with E-state index in [1.807, 2.05) is 10.7 Å². The molecule has 2 aliphatic rings. The molecule has 1 fully saturated rings. The van der Waals surface area contributed by atoms with Crippen molar-refractivity contribution in [2.45, 2.75) is 19.4 Å². The van der Waals surface area contributed by atoms with Gasteiger partial charge in [-0.1, -0.05) is 12.2 Å². The first-order chi connectivity index (χ1) is 10.3. The SMILES string of the molecule is O=C(Nc1ccnn1Cc1ccsc1)[C@@H]1C[C@H]2C=C[C@H]1C2. The molecule has 0 radical (unpaired) electrons. The lowest BCUT2D eigenvalue weighted by atomic mass is 9.93. The molecule has 4 nitrogen and oxygen atoms in total. The van der Waals surface area contributed by atoms with Crippen LogP contribution < -0.4 is 5.32 Å². The lowest BCUT2D eigenvalue weighted by Crippen LogP contribution is -2.27. The predicted octanol–water partition coefficient (Wildman–Crippen LogP) is 3.14. The van der Waals surface area contributed by atoms with Crippen LogP contribution in [-0.4, -0.2) is 15.7 Å². The number of carbonyl (C=O) groups excluding carboxylic acids is 1. The molecule has 2 aromatic heterocycles. The van der Waals surface area contributed by atoms with E-state index >= 15 is 0 Å². The summed E-state index contributed by atoms with van der Waals surface area (Å²) in [6, 6.07) is 3.95. The number of aromatic nitrogens is 2. The fraction of sp³-hybridized carbons (Fsp3) is 0.375. The second-order valence-electron chi connectivity index (χ2n) is 5.88. The maximum atomic E-state index is 12.5. The van der Waals surface area contributed by atoms with E-state index in [1.165, 1.54) is 5.56 Å². The number of rotatable bonds is 4. The highest BCUT2D eigenvalue weighted by atomic mass is 32.1. The Bertz CT molecular complexity index is 674. The van der Waals surface area contributed by atoms with Gasteiger partial charge in [-0.05, 0) is 47.1 Å². The van der Waals surface area contributed by atoms with Crippen LogP contribution in [0.5, 0.6) is 0 Å². The van der Waals surface area contributed by atoms with Gasteiger partial charge in [0.15, 0.2) is 0 Å². The third kappa shape index (κ3) is 2.42. The van der Waals surface area contributed by atoms with Crippen molar-refractivity contribution < 1.29 is 4.79 Å². The summed E-state index contributed by atoms with van der Waals surface area (Å²) < 4.78 is 1.85. The Morgan fingerprint density at radius 2 is 2.33 bits per heavy atom. The summed E-state index contributed by atoms with van der Waals surface area (Å²) in [6.07, 6.45) is 8.34. The molecule has 1 saturated carbocycles. The molecular formula is C16H17N3OS. The quantitative estimate of drug-likeness (QED) is 0.882. The van der Waals surface area contributed by atoms with Gasteiger partial charge < -0.3 is 5.32 Å². The van der Waals surface area contributed by atoms with Crippen molar-refractivity contribution >= 4 is 23.1 Å². The summed E-state index contributed by atoms with van der Waals surface area (Å²) in [7, 11) is 0. The Balaban J connectivity index is 1.46. The molecule has 1 N–H and O–H groups in total. The summed E-state index contributed by atoms with van der Waals surface area (Å²) in [4.78, 5) is 12.5. The number of nitrogens with zero attached hydrogens (tertiary/aromatic N) is 2. The smallest absolute Gasteiger partial charge is 0.229 e. The molecule has 4 rings (SSSR count). The number of fused-ring (bicyclic) bond motifs is 2. The van der Waals surface area contributed by atoms with Crippen LogP contribution in [0.4, 0.5) is 5.82 Å². The lowest BCUT2D eigenvalue weighted by molar-refractivity contribution is -0.120. The third-order valence-corrected chi connectivity index (χ3v) is 5.23. The second kappa shape index (κ2) is 5.15. The fourth-order valence-electron chi connectivity index (χ4n) is 3.42. The molecule has 108 valence electrons. The first-order valence-electron chi connectivity index (χ1n) is 7.31. The predicted molar refractivity (Wildman–Crippen MR) is 83.1 cm³/mol. The summed E-state index contributed by atoms with van der Waals surface area (Å²) in [5.41, 5.74) is 1.21. The number of anilines is 1. The minimum absolute atomic E-state index is 0.129. The van der Waals surface area contributed by atoms with Gasteiger partial charge in [0.2, 0.25) is 5.91 Å². The van der Waals surface area contributed by atoms with Crippen LogP contribution in [0.25, 0.3) is 0 Å². The van der Waals surface area contributed by atoms with Crippen LogP contribution in [-0.2, 0) is 11.3 Å². The van der Waals surface area contributed by atoms with Crippen molar-refractivity contribution in [3.63, 3.8) is 0 Å². The van der Waals surface area contributed by atoms with E-state index in [9.17, 15) is 4.79 Å². The molecular weight excluding hydrogens is 282 g/mol. The Morgan fingerprint density at radius 1 is 1.38 bits per heavy atom. The van der Waals surface area contributed by atoms with Gasteiger partial charge in [0, 0.05) is 12.0 Å². The van der Waals surface area contributed by atoms with Crippen LogP contribution in [0.2, 0.25) is 0 Å². The van der Waals surface area contributed by atoms with E-state index in [4.69, 9.17) is 0 Å². The van der Waals surface area contributed by atoms with Crippen molar-refractivity contribution in [1.29, 1.82) is 0 Å². The Hall–Kier alpha value is -1.88. The highest BCUT2D eigenvalue weighted by Crippen LogP contribution is 2.43. The van der Waals surface area contributed by atoms with Crippen molar-refractivity contribution in [1.82, 2.24) is 9.78 Å². The summed E-state index contributed by atoms with van der Waals surface area (Å²) in [5.74, 6) is 2.10. The standard InChI is InChI=1S/C16H17N3OS/c20-16(14-8-11-1-2-13(14)7-11)18-15-3-5-17-19(15)9-12-4-6-21-10-12/h1-6,10-11,13-14H,7-9H2,(H,18,20)/t11-,13-,14+/m0/s1. The van der Waals surface area contributed by atoms with Gasteiger partial charge in [0.1, 0.15) is 5.82 Å². The van der Waals surface area contributed by atoms with E-state index in [0.717, 1.165) is 18.7 Å². The lowest BCUT2D eigenvalue weighted by Gasteiger charge is -2.18. The average Bonchev–Trinajstić information content (AvgIpc) is 3.23. The summed E-state index contributed by atoms with van der Waals surface area (Å²) >= 11 is 1.67. The maximum Gasteiger partial charge on any atom is 0.229 e. The van der Waals surface area contributed by atoms with Crippen LogP contribution in [0.15, 0.2) is 41.2 Å². The topological polar surface area (TPSA) is 46.9 Å². The largest absolute Gasteiger partial charge is 0.311 e. The van der Waals surface area contributed by atoms with Crippen LogP contribution in [0.1, 0.15) is 18.4 Å². The normalized spacial score (nSPS) is 26.4. The molecule has 5 heteroatoms. The molecule has 2 heterocycles. The fourth-order valence-corrected chi connectivity index (χ4v) is 4.08. The summed E-state index contributed by atoms with van der Waals surface area (Å²) in [6.45, 7) is 0.697. The van der Waals surface area contributed by atoms with Crippen LogP contribution >= 0.6 is 11.3 Å². The Kier molecular flexibility index (Phi) is 3.15. The number of thiophene rings is 1. The van der Waals surface area contributed by atoms with Crippen molar-refractivity contribution in [2.75, 3.05) is 5.32 Å². The van der Waals surface area contributed by atoms with Gasteiger partial charge in [-0.2, -0.15) is 16.4 Å². The Labute approximate surface area is 127 Å².